The molecule has 0 aliphatic carbocycles. The summed E-state index contributed by atoms with van der Waals surface area (Å²) in [6.07, 6.45) is 0. The van der Waals surface area contributed by atoms with Crippen LogP contribution in [0.4, 0.5) is 11.4 Å². The van der Waals surface area contributed by atoms with E-state index >= 15 is 0 Å². The Morgan fingerprint density at radius 2 is 0.867 bits per heavy atom. The van der Waals surface area contributed by atoms with Crippen LogP contribution >= 0.6 is 35.0 Å². The number of halogens is 2. The Balaban J connectivity index is 1.51. The monoisotopic (exact) mass is 704 g/mol. The molecule has 4 rings (SSSR count). The summed E-state index contributed by atoms with van der Waals surface area (Å²) in [7, 11) is -7.82. The number of alkyl halides is 2. The number of thioether (sulfide) groups is 1. The van der Waals surface area contributed by atoms with Gasteiger partial charge in [0.05, 0.1) is 44.0 Å². The van der Waals surface area contributed by atoms with Gasteiger partial charge in [0.1, 0.15) is 0 Å². The van der Waals surface area contributed by atoms with Crippen LogP contribution in [0, 0.1) is 13.8 Å². The van der Waals surface area contributed by atoms with Crippen LogP contribution in [0.5, 0.6) is 0 Å². The number of rotatable bonds is 14. The van der Waals surface area contributed by atoms with E-state index in [0.717, 1.165) is 11.1 Å². The van der Waals surface area contributed by atoms with Crippen LogP contribution in [0.3, 0.4) is 0 Å². The fourth-order valence-electron chi connectivity index (χ4n) is 4.66. The summed E-state index contributed by atoms with van der Waals surface area (Å²) >= 11 is 15.5. The average Bonchev–Trinajstić information content (AvgIpc) is 3.00. The fraction of sp³-hybridized carbons (Fsp3) is 0.294. The predicted octanol–water partition coefficient (Wildman–Crippen LogP) is 8.12. The minimum atomic E-state index is -3.91. The highest BCUT2D eigenvalue weighted by Crippen LogP contribution is 2.34. The molecule has 0 amide bonds. The first-order valence-corrected chi connectivity index (χ1v) is 19.1. The molecule has 11 heteroatoms. The van der Waals surface area contributed by atoms with Crippen LogP contribution in [0.25, 0.3) is 0 Å². The molecule has 0 aliphatic heterocycles. The molecule has 0 bridgehead atoms. The zero-order valence-electron chi connectivity index (χ0n) is 25.7. The van der Waals surface area contributed by atoms with Gasteiger partial charge < -0.3 is 0 Å². The molecule has 6 nitrogen and oxygen atoms in total. The van der Waals surface area contributed by atoms with Crippen molar-refractivity contribution in [2.75, 3.05) is 33.2 Å². The van der Waals surface area contributed by atoms with Gasteiger partial charge in [0.25, 0.3) is 20.0 Å². The highest BCUT2D eigenvalue weighted by atomic mass is 35.5. The molecule has 0 aliphatic rings. The van der Waals surface area contributed by atoms with Crippen molar-refractivity contribution in [1.29, 1.82) is 0 Å². The van der Waals surface area contributed by atoms with E-state index in [1.807, 2.05) is 26.0 Å². The third-order valence-corrected chi connectivity index (χ3v) is 13.1. The van der Waals surface area contributed by atoms with Crippen LogP contribution in [-0.4, -0.2) is 51.2 Å². The van der Waals surface area contributed by atoms with Crippen molar-refractivity contribution in [2.45, 2.75) is 47.2 Å². The smallest absolute Gasteiger partial charge is 0.264 e. The summed E-state index contributed by atoms with van der Waals surface area (Å²) in [5, 5.41) is 0. The number of hydrogen-bond donors (Lipinski definition) is 0. The van der Waals surface area contributed by atoms with E-state index in [9.17, 15) is 16.8 Å². The Hall–Kier alpha value is -2.69. The molecular weight excluding hydrogens is 667 g/mol. The lowest BCUT2D eigenvalue weighted by molar-refractivity contribution is 0.583. The van der Waals surface area contributed by atoms with Gasteiger partial charge in [-0.2, -0.15) is 11.8 Å². The van der Waals surface area contributed by atoms with E-state index in [-0.39, 0.29) is 22.9 Å². The number of hydrogen-bond acceptors (Lipinski definition) is 5. The van der Waals surface area contributed by atoms with Gasteiger partial charge in [0.2, 0.25) is 0 Å². The van der Waals surface area contributed by atoms with Crippen LogP contribution in [0.2, 0.25) is 0 Å². The minimum Gasteiger partial charge on any atom is -0.265 e. The number of sulfonamides is 2. The highest BCUT2D eigenvalue weighted by Gasteiger charge is 2.36. The molecule has 0 N–H and O–H groups in total. The van der Waals surface area contributed by atoms with Gasteiger partial charge >= 0.3 is 0 Å². The molecule has 2 atom stereocenters. The largest absolute Gasteiger partial charge is 0.265 e. The summed E-state index contributed by atoms with van der Waals surface area (Å²) in [5.74, 6) is 0.722. The Morgan fingerprint density at radius 1 is 0.556 bits per heavy atom. The Kier molecular flexibility index (Phi) is 11.2. The molecule has 0 aromatic heterocycles. The van der Waals surface area contributed by atoms with Crippen molar-refractivity contribution < 1.29 is 16.8 Å². The van der Waals surface area contributed by atoms with Crippen LogP contribution < -0.4 is 8.61 Å². The summed E-state index contributed by atoms with van der Waals surface area (Å²) in [6, 6.07) is 31.3. The first-order chi connectivity index (χ1) is 21.1. The average molecular weight is 706 g/mol. The zero-order valence-corrected chi connectivity index (χ0v) is 29.7. The van der Waals surface area contributed by atoms with Crippen molar-refractivity contribution >= 4 is 66.4 Å². The van der Waals surface area contributed by atoms with E-state index in [0.29, 0.717) is 22.9 Å². The lowest BCUT2D eigenvalue weighted by Gasteiger charge is -2.34. The fourth-order valence-corrected chi connectivity index (χ4v) is 9.82. The maximum Gasteiger partial charge on any atom is 0.264 e. The molecule has 0 radical (unpaired) electrons. The van der Waals surface area contributed by atoms with Crippen LogP contribution in [0.15, 0.2) is 119 Å². The van der Waals surface area contributed by atoms with E-state index in [4.69, 9.17) is 23.2 Å². The SMILES string of the molecule is Cc1ccc(S(=O)(=O)N(CC(C)(Cl)CSCC(C)(Cl)CN(c2ccccc2)S(=O)(=O)c2ccc(C)cc2)c2ccccc2)cc1. The second kappa shape index (κ2) is 14.4. The molecule has 4 aromatic carbocycles. The molecule has 0 saturated carbocycles. The maximum absolute atomic E-state index is 13.8. The second-order valence-electron chi connectivity index (χ2n) is 11.6. The number of para-hydroxylation sites is 2. The van der Waals surface area contributed by atoms with Gasteiger partial charge in [0.15, 0.2) is 0 Å². The summed E-state index contributed by atoms with van der Waals surface area (Å²) in [5.41, 5.74) is 2.94. The third-order valence-electron chi connectivity index (χ3n) is 7.06. The van der Waals surface area contributed by atoms with Crippen molar-refractivity contribution in [3.63, 3.8) is 0 Å². The maximum atomic E-state index is 13.8. The molecule has 0 heterocycles. The normalized spacial score (nSPS) is 14.7. The third kappa shape index (κ3) is 9.20. The Labute approximate surface area is 282 Å². The lowest BCUT2D eigenvalue weighted by atomic mass is 10.2. The standard InChI is InChI=1S/C34H38Cl2N2O4S3/c1-27-15-19-31(20-16-27)44(39,40)37(29-11-7-5-8-12-29)23-33(3,35)25-43-26-34(4,36)24-38(30-13-9-6-10-14-30)45(41,42)32-21-17-28(2)18-22-32/h5-22H,23-26H2,1-4H3. The molecule has 4 aromatic rings. The first-order valence-electron chi connectivity index (χ1n) is 14.4. The second-order valence-corrected chi connectivity index (χ2v) is 18.2. The zero-order chi connectivity index (χ0) is 32.9. The summed E-state index contributed by atoms with van der Waals surface area (Å²) in [4.78, 5) is -1.58. The topological polar surface area (TPSA) is 74.8 Å². The molecule has 45 heavy (non-hydrogen) atoms. The summed E-state index contributed by atoms with van der Waals surface area (Å²) < 4.78 is 58.0. The van der Waals surface area contributed by atoms with E-state index < -0.39 is 29.8 Å². The Morgan fingerprint density at radius 3 is 1.18 bits per heavy atom. The minimum absolute atomic E-state index is 0.0126. The molecule has 2 unspecified atom stereocenters. The number of benzene rings is 4. The van der Waals surface area contributed by atoms with Crippen LogP contribution in [0.1, 0.15) is 25.0 Å². The molecule has 0 spiro atoms. The summed E-state index contributed by atoms with van der Waals surface area (Å²) in [6.45, 7) is 7.43. The number of aryl methyl sites for hydroxylation is 2. The molecule has 240 valence electrons. The van der Waals surface area contributed by atoms with Gasteiger partial charge in [-0.05, 0) is 76.2 Å². The van der Waals surface area contributed by atoms with Gasteiger partial charge in [-0.15, -0.1) is 23.2 Å². The van der Waals surface area contributed by atoms with Crippen molar-refractivity contribution in [1.82, 2.24) is 0 Å². The highest BCUT2D eigenvalue weighted by molar-refractivity contribution is 7.99. The van der Waals surface area contributed by atoms with Gasteiger partial charge in [-0.25, -0.2) is 16.8 Å². The predicted molar refractivity (Wildman–Crippen MR) is 190 cm³/mol. The van der Waals surface area contributed by atoms with Gasteiger partial charge in [-0.1, -0.05) is 71.8 Å². The quantitative estimate of drug-likeness (QED) is 0.124. The molecule has 0 saturated heterocycles. The number of nitrogens with zero attached hydrogens (tertiary/aromatic N) is 2. The van der Waals surface area contributed by atoms with Crippen LogP contribution in [-0.2, 0) is 20.0 Å². The lowest BCUT2D eigenvalue weighted by Crippen LogP contribution is -2.44. The van der Waals surface area contributed by atoms with E-state index in [1.165, 1.54) is 20.4 Å². The first kappa shape index (κ1) is 35.2. The van der Waals surface area contributed by atoms with Crippen molar-refractivity contribution in [3.05, 3.63) is 120 Å². The van der Waals surface area contributed by atoms with Gasteiger partial charge in [0, 0.05) is 11.5 Å². The Bertz CT molecular complexity index is 1630. The van der Waals surface area contributed by atoms with E-state index in [2.05, 4.69) is 0 Å². The molecule has 0 fully saturated rings. The number of anilines is 2. The molecular formula is C34H38Cl2N2O4S3. The van der Waals surface area contributed by atoms with Gasteiger partial charge in [-0.3, -0.25) is 8.61 Å². The van der Waals surface area contributed by atoms with Crippen molar-refractivity contribution in [2.24, 2.45) is 0 Å². The van der Waals surface area contributed by atoms with Crippen molar-refractivity contribution in [3.8, 4) is 0 Å². The van der Waals surface area contributed by atoms with E-state index in [1.54, 1.807) is 111 Å².